The quantitative estimate of drug-likeness (QED) is 0.385. The topological polar surface area (TPSA) is 52.6 Å². The van der Waals surface area contributed by atoms with Crippen LogP contribution in [-0.4, -0.2) is 48.1 Å². The van der Waals surface area contributed by atoms with Gasteiger partial charge in [0.15, 0.2) is 5.96 Å². The van der Waals surface area contributed by atoms with Crippen molar-refractivity contribution in [3.8, 4) is 0 Å². The molecule has 0 aromatic carbocycles. The van der Waals surface area contributed by atoms with E-state index in [2.05, 4.69) is 53.2 Å². The molecule has 1 unspecified atom stereocenters. The van der Waals surface area contributed by atoms with Crippen molar-refractivity contribution in [2.75, 3.05) is 26.2 Å². The van der Waals surface area contributed by atoms with Crippen LogP contribution in [-0.2, 0) is 6.54 Å². The van der Waals surface area contributed by atoms with Crippen molar-refractivity contribution in [1.29, 1.82) is 0 Å². The molecule has 0 amide bonds. The molecular weight excluding hydrogens is 433 g/mol. The van der Waals surface area contributed by atoms with Crippen LogP contribution >= 0.6 is 35.3 Å². The highest BCUT2D eigenvalue weighted by Crippen LogP contribution is 2.17. The first-order chi connectivity index (χ1) is 11.1. The summed E-state index contributed by atoms with van der Waals surface area (Å²) >= 11 is 1.71. The fraction of sp³-hybridized carbons (Fsp3) is 0.765. The lowest BCUT2D eigenvalue weighted by atomic mass is 9.98. The van der Waals surface area contributed by atoms with Crippen LogP contribution in [0.3, 0.4) is 0 Å². The van der Waals surface area contributed by atoms with Crippen molar-refractivity contribution in [3.63, 3.8) is 0 Å². The number of nitrogens with one attached hydrogen (secondary N) is 2. The van der Waals surface area contributed by atoms with E-state index in [4.69, 9.17) is 0 Å². The summed E-state index contributed by atoms with van der Waals surface area (Å²) in [5, 5.41) is 7.87. The molecule has 0 aliphatic carbocycles. The van der Waals surface area contributed by atoms with Crippen LogP contribution in [0.2, 0.25) is 0 Å². The van der Waals surface area contributed by atoms with Gasteiger partial charge in [-0.05, 0) is 52.6 Å². The van der Waals surface area contributed by atoms with Gasteiger partial charge in [-0.1, -0.05) is 6.92 Å². The standard InChI is InChI=1S/C17H31N5S.HI/c1-5-18-17(21-12-16-19-11-15(4)23-16)20-10-14(3)22-8-6-13(2)7-9-22;/h11,13-14H,5-10,12H2,1-4H3,(H2,18,20,21);1H. The van der Waals surface area contributed by atoms with E-state index in [1.165, 1.54) is 30.8 Å². The molecular formula is C17H32IN5S. The van der Waals surface area contributed by atoms with Gasteiger partial charge in [-0.2, -0.15) is 0 Å². The Morgan fingerprint density at radius 3 is 2.71 bits per heavy atom. The van der Waals surface area contributed by atoms with Crippen LogP contribution in [0.15, 0.2) is 11.2 Å². The number of thiazole rings is 1. The number of aryl methyl sites for hydroxylation is 1. The number of halogens is 1. The first-order valence-electron chi connectivity index (χ1n) is 8.76. The summed E-state index contributed by atoms with van der Waals surface area (Å²) in [7, 11) is 0. The highest BCUT2D eigenvalue weighted by atomic mass is 127. The number of nitrogens with zero attached hydrogens (tertiary/aromatic N) is 3. The molecule has 1 aliphatic rings. The second-order valence-electron chi connectivity index (χ2n) is 6.51. The maximum atomic E-state index is 4.65. The van der Waals surface area contributed by atoms with Crippen LogP contribution in [0.4, 0.5) is 0 Å². The van der Waals surface area contributed by atoms with Gasteiger partial charge in [-0.15, -0.1) is 35.3 Å². The lowest BCUT2D eigenvalue weighted by Gasteiger charge is -2.35. The van der Waals surface area contributed by atoms with Crippen LogP contribution in [0.1, 0.15) is 43.5 Å². The number of hydrogen-bond donors (Lipinski definition) is 2. The molecule has 1 saturated heterocycles. The van der Waals surface area contributed by atoms with Gasteiger partial charge in [0.2, 0.25) is 0 Å². The zero-order chi connectivity index (χ0) is 16.7. The first-order valence-corrected chi connectivity index (χ1v) is 9.57. The summed E-state index contributed by atoms with van der Waals surface area (Å²) < 4.78 is 0. The van der Waals surface area contributed by atoms with E-state index in [0.29, 0.717) is 12.6 Å². The molecule has 138 valence electrons. The number of guanidine groups is 1. The minimum atomic E-state index is 0. The van der Waals surface area contributed by atoms with E-state index < -0.39 is 0 Å². The van der Waals surface area contributed by atoms with E-state index in [9.17, 15) is 0 Å². The minimum absolute atomic E-state index is 0. The third kappa shape index (κ3) is 7.23. The normalized spacial score (nSPS) is 18.1. The van der Waals surface area contributed by atoms with Crippen molar-refractivity contribution < 1.29 is 0 Å². The minimum Gasteiger partial charge on any atom is -0.357 e. The van der Waals surface area contributed by atoms with Crippen LogP contribution in [0, 0.1) is 12.8 Å². The molecule has 5 nitrogen and oxygen atoms in total. The summed E-state index contributed by atoms with van der Waals surface area (Å²) in [5.74, 6) is 1.77. The average Bonchev–Trinajstić information content (AvgIpc) is 2.96. The summed E-state index contributed by atoms with van der Waals surface area (Å²) in [4.78, 5) is 12.8. The Bertz CT molecular complexity index is 497. The molecule has 2 N–H and O–H groups in total. The summed E-state index contributed by atoms with van der Waals surface area (Å²) in [5.41, 5.74) is 0. The average molecular weight is 465 g/mol. The number of rotatable bonds is 6. The van der Waals surface area contributed by atoms with Gasteiger partial charge in [0.1, 0.15) is 5.01 Å². The Labute approximate surface area is 167 Å². The molecule has 24 heavy (non-hydrogen) atoms. The lowest BCUT2D eigenvalue weighted by molar-refractivity contribution is 0.147. The largest absolute Gasteiger partial charge is 0.357 e. The molecule has 1 aromatic heterocycles. The smallest absolute Gasteiger partial charge is 0.191 e. The molecule has 1 aliphatic heterocycles. The second kappa shape index (κ2) is 11.3. The molecule has 2 heterocycles. The summed E-state index contributed by atoms with van der Waals surface area (Å²) in [6.07, 6.45) is 4.55. The predicted octanol–water partition coefficient (Wildman–Crippen LogP) is 3.25. The number of hydrogen-bond acceptors (Lipinski definition) is 4. The van der Waals surface area contributed by atoms with E-state index >= 15 is 0 Å². The molecule has 0 spiro atoms. The monoisotopic (exact) mass is 465 g/mol. The number of aliphatic imine (C=N–C) groups is 1. The number of likely N-dealkylation sites (tertiary alicyclic amines) is 1. The Morgan fingerprint density at radius 2 is 2.12 bits per heavy atom. The maximum absolute atomic E-state index is 4.65. The van der Waals surface area contributed by atoms with Gasteiger partial charge in [-0.3, -0.25) is 4.90 Å². The zero-order valence-electron chi connectivity index (χ0n) is 15.3. The van der Waals surface area contributed by atoms with Crippen LogP contribution in [0.5, 0.6) is 0 Å². The highest BCUT2D eigenvalue weighted by molar-refractivity contribution is 14.0. The first kappa shape index (κ1) is 21.6. The van der Waals surface area contributed by atoms with Crippen molar-refractivity contribution >= 4 is 41.3 Å². The van der Waals surface area contributed by atoms with E-state index in [1.807, 2.05) is 6.20 Å². The Kier molecular flexibility index (Phi) is 10.1. The van der Waals surface area contributed by atoms with Crippen LogP contribution in [0.25, 0.3) is 0 Å². The van der Waals surface area contributed by atoms with Gasteiger partial charge in [0.05, 0.1) is 6.54 Å². The zero-order valence-corrected chi connectivity index (χ0v) is 18.5. The Morgan fingerprint density at radius 1 is 1.42 bits per heavy atom. The molecule has 1 fully saturated rings. The molecule has 1 aromatic rings. The van der Waals surface area contributed by atoms with Gasteiger partial charge in [-0.25, -0.2) is 9.98 Å². The van der Waals surface area contributed by atoms with Crippen molar-refractivity contribution in [1.82, 2.24) is 20.5 Å². The van der Waals surface area contributed by atoms with E-state index in [0.717, 1.165) is 30.0 Å². The predicted molar refractivity (Wildman–Crippen MR) is 115 cm³/mol. The van der Waals surface area contributed by atoms with Crippen molar-refractivity contribution in [3.05, 3.63) is 16.1 Å². The second-order valence-corrected chi connectivity index (χ2v) is 7.83. The third-order valence-corrected chi connectivity index (χ3v) is 5.29. The lowest BCUT2D eigenvalue weighted by Crippen LogP contribution is -2.48. The number of piperidine rings is 1. The molecule has 0 bridgehead atoms. The van der Waals surface area contributed by atoms with Gasteiger partial charge < -0.3 is 10.6 Å². The maximum Gasteiger partial charge on any atom is 0.191 e. The van der Waals surface area contributed by atoms with Crippen molar-refractivity contribution in [2.45, 2.75) is 53.1 Å². The van der Waals surface area contributed by atoms with Crippen LogP contribution < -0.4 is 10.6 Å². The summed E-state index contributed by atoms with van der Waals surface area (Å²) in [6.45, 7) is 13.7. The fourth-order valence-corrected chi connectivity index (χ4v) is 3.52. The highest BCUT2D eigenvalue weighted by Gasteiger charge is 2.20. The molecule has 2 rings (SSSR count). The molecule has 0 radical (unpaired) electrons. The Balaban J connectivity index is 0.00000288. The Hall–Kier alpha value is -0.410. The van der Waals surface area contributed by atoms with Crippen molar-refractivity contribution in [2.24, 2.45) is 10.9 Å². The fourth-order valence-electron chi connectivity index (χ4n) is 2.81. The van der Waals surface area contributed by atoms with Gasteiger partial charge >= 0.3 is 0 Å². The van der Waals surface area contributed by atoms with E-state index in [-0.39, 0.29) is 24.0 Å². The van der Waals surface area contributed by atoms with Gasteiger partial charge in [0, 0.05) is 30.2 Å². The summed E-state index contributed by atoms with van der Waals surface area (Å²) in [6, 6.07) is 0.536. The van der Waals surface area contributed by atoms with E-state index in [1.54, 1.807) is 11.3 Å². The molecule has 0 saturated carbocycles. The third-order valence-electron chi connectivity index (χ3n) is 4.39. The molecule has 7 heteroatoms. The van der Waals surface area contributed by atoms with Gasteiger partial charge in [0.25, 0.3) is 0 Å². The number of aromatic nitrogens is 1. The molecule has 1 atom stereocenters. The SMILES string of the molecule is CCNC(=NCc1ncc(C)s1)NCC(C)N1CCC(C)CC1.I.